The van der Waals surface area contributed by atoms with Gasteiger partial charge >= 0.3 is 5.97 Å². The van der Waals surface area contributed by atoms with Gasteiger partial charge in [0.1, 0.15) is 12.1 Å². The van der Waals surface area contributed by atoms with Crippen LogP contribution in [0.15, 0.2) is 0 Å². The van der Waals surface area contributed by atoms with Crippen molar-refractivity contribution in [2.75, 3.05) is 6.54 Å². The summed E-state index contributed by atoms with van der Waals surface area (Å²) in [6.07, 6.45) is -0.579. The van der Waals surface area contributed by atoms with E-state index in [2.05, 4.69) is 10.6 Å². The Labute approximate surface area is 104 Å². The molecule has 0 bridgehead atoms. The summed E-state index contributed by atoms with van der Waals surface area (Å²) in [4.78, 5) is 33.2. The van der Waals surface area contributed by atoms with E-state index in [4.69, 9.17) is 10.8 Å². The summed E-state index contributed by atoms with van der Waals surface area (Å²) in [6, 6.07) is -1.99. The van der Waals surface area contributed by atoms with Crippen molar-refractivity contribution in [3.8, 4) is 0 Å². The minimum atomic E-state index is -1.24. The second kappa shape index (κ2) is 6.31. The molecule has 6 N–H and O–H groups in total. The number of aliphatic hydroxyl groups is 1. The molecule has 1 rings (SSSR count). The van der Waals surface area contributed by atoms with Crippen LogP contribution in [0.4, 0.5) is 0 Å². The Kier molecular flexibility index (Phi) is 5.05. The molecule has 0 aromatic carbocycles. The monoisotopic (exact) mass is 259 g/mol. The second-order valence-electron chi connectivity index (χ2n) is 4.19. The molecule has 1 heterocycles. The smallest absolute Gasteiger partial charge is 0.326 e. The molecule has 0 aliphatic carbocycles. The van der Waals surface area contributed by atoms with Gasteiger partial charge in [-0.15, -0.1) is 0 Å². The molecule has 2 amide bonds. The minimum absolute atomic E-state index is 0.0702. The highest BCUT2D eigenvalue weighted by atomic mass is 16.4. The van der Waals surface area contributed by atoms with E-state index in [9.17, 15) is 19.5 Å². The lowest BCUT2D eigenvalue weighted by Crippen LogP contribution is -2.51. The summed E-state index contributed by atoms with van der Waals surface area (Å²) in [5.41, 5.74) is 4.92. The highest BCUT2D eigenvalue weighted by Gasteiger charge is 2.33. The zero-order chi connectivity index (χ0) is 13.7. The third kappa shape index (κ3) is 3.97. The summed E-state index contributed by atoms with van der Waals surface area (Å²) >= 11 is 0. The molecular weight excluding hydrogens is 242 g/mol. The predicted molar refractivity (Wildman–Crippen MR) is 60.4 cm³/mol. The number of amides is 2. The molecule has 1 unspecified atom stereocenters. The topological polar surface area (TPSA) is 142 Å². The highest BCUT2D eigenvalue weighted by molar-refractivity contribution is 5.88. The molecule has 1 fully saturated rings. The van der Waals surface area contributed by atoms with Crippen LogP contribution < -0.4 is 16.4 Å². The Morgan fingerprint density at radius 3 is 2.56 bits per heavy atom. The minimum Gasteiger partial charge on any atom is -0.480 e. The fourth-order valence-corrected chi connectivity index (χ4v) is 1.76. The van der Waals surface area contributed by atoms with Gasteiger partial charge in [0, 0.05) is 6.42 Å². The maximum Gasteiger partial charge on any atom is 0.326 e. The lowest BCUT2D eigenvalue weighted by Gasteiger charge is -2.19. The number of primary amides is 1. The average Bonchev–Trinajstić information content (AvgIpc) is 2.69. The van der Waals surface area contributed by atoms with Crippen LogP contribution in [-0.4, -0.2) is 52.7 Å². The van der Waals surface area contributed by atoms with E-state index in [1.54, 1.807) is 0 Å². The zero-order valence-corrected chi connectivity index (χ0v) is 9.76. The molecule has 0 spiro atoms. The normalized spacial score (nSPS) is 24.5. The van der Waals surface area contributed by atoms with E-state index in [0.29, 0.717) is 13.0 Å². The average molecular weight is 259 g/mol. The molecule has 1 saturated heterocycles. The van der Waals surface area contributed by atoms with Gasteiger partial charge < -0.3 is 26.6 Å². The number of carbonyl (C=O) groups is 3. The Hall–Kier alpha value is -1.67. The van der Waals surface area contributed by atoms with E-state index < -0.39 is 36.0 Å². The molecule has 8 nitrogen and oxygen atoms in total. The fourth-order valence-electron chi connectivity index (χ4n) is 1.76. The summed E-state index contributed by atoms with van der Waals surface area (Å²) in [6.45, 7) is 0.498. The molecular formula is C10H17N3O5. The van der Waals surface area contributed by atoms with E-state index in [1.165, 1.54) is 0 Å². The quantitative estimate of drug-likeness (QED) is 0.358. The first kappa shape index (κ1) is 14.4. The van der Waals surface area contributed by atoms with Gasteiger partial charge in [0.2, 0.25) is 11.8 Å². The van der Waals surface area contributed by atoms with E-state index in [1.807, 2.05) is 0 Å². The van der Waals surface area contributed by atoms with Crippen molar-refractivity contribution >= 4 is 17.8 Å². The molecule has 8 heteroatoms. The van der Waals surface area contributed by atoms with Crippen molar-refractivity contribution in [1.29, 1.82) is 0 Å². The van der Waals surface area contributed by atoms with Gasteiger partial charge in [-0.25, -0.2) is 4.79 Å². The number of carboxylic acids is 1. The lowest BCUT2D eigenvalue weighted by molar-refractivity contribution is -0.142. The van der Waals surface area contributed by atoms with Gasteiger partial charge in [-0.3, -0.25) is 9.59 Å². The Bertz CT molecular complexity index is 346. The number of rotatable bonds is 6. The van der Waals surface area contributed by atoms with Gasteiger partial charge in [-0.05, 0) is 19.4 Å². The zero-order valence-electron chi connectivity index (χ0n) is 9.76. The number of aliphatic carboxylic acids is 1. The summed E-state index contributed by atoms with van der Waals surface area (Å²) in [5.74, 6) is -2.46. The van der Waals surface area contributed by atoms with Gasteiger partial charge in [0.05, 0.1) is 6.10 Å². The predicted octanol–water partition coefficient (Wildman–Crippen LogP) is -2.46. The first-order valence-corrected chi connectivity index (χ1v) is 5.64. The standard InChI is InChI=1S/C10H17N3O5/c11-7(15)2-1-5(10(17)18)13-9(16)8-6(14)3-4-12-8/h5-6,8,12,14H,1-4H2,(H2,11,15)(H,13,16)(H,17,18)/t5-,6?,8-/m0/s1. The van der Waals surface area contributed by atoms with Gasteiger partial charge in [-0.1, -0.05) is 0 Å². The van der Waals surface area contributed by atoms with Crippen molar-refractivity contribution in [3.63, 3.8) is 0 Å². The summed E-state index contributed by atoms with van der Waals surface area (Å²) in [7, 11) is 0. The van der Waals surface area contributed by atoms with E-state index >= 15 is 0 Å². The molecule has 102 valence electrons. The van der Waals surface area contributed by atoms with Crippen molar-refractivity contribution in [2.45, 2.75) is 37.5 Å². The van der Waals surface area contributed by atoms with Crippen LogP contribution in [0.2, 0.25) is 0 Å². The fraction of sp³-hybridized carbons (Fsp3) is 0.700. The number of carbonyl (C=O) groups excluding carboxylic acids is 2. The third-order valence-corrected chi connectivity index (χ3v) is 2.77. The van der Waals surface area contributed by atoms with Gasteiger partial charge in [0.25, 0.3) is 0 Å². The van der Waals surface area contributed by atoms with Crippen molar-refractivity contribution in [1.82, 2.24) is 10.6 Å². The second-order valence-corrected chi connectivity index (χ2v) is 4.19. The van der Waals surface area contributed by atoms with Crippen LogP contribution in [0, 0.1) is 0 Å². The summed E-state index contributed by atoms with van der Waals surface area (Å²) < 4.78 is 0. The molecule has 0 aromatic heterocycles. The van der Waals surface area contributed by atoms with Crippen LogP contribution in [-0.2, 0) is 14.4 Å². The highest BCUT2D eigenvalue weighted by Crippen LogP contribution is 2.07. The largest absolute Gasteiger partial charge is 0.480 e. The van der Waals surface area contributed by atoms with Crippen molar-refractivity contribution in [3.05, 3.63) is 0 Å². The first-order chi connectivity index (χ1) is 8.41. The van der Waals surface area contributed by atoms with Crippen LogP contribution in [0.3, 0.4) is 0 Å². The SMILES string of the molecule is NC(=O)CC[C@H](NC(=O)[C@H]1NCCC1O)C(=O)O. The van der Waals surface area contributed by atoms with Crippen molar-refractivity contribution in [2.24, 2.45) is 5.73 Å². The summed E-state index contributed by atoms with van der Waals surface area (Å²) in [5, 5.41) is 23.4. The first-order valence-electron chi connectivity index (χ1n) is 5.64. The molecule has 1 aliphatic rings. The van der Waals surface area contributed by atoms with Crippen LogP contribution in [0.1, 0.15) is 19.3 Å². The van der Waals surface area contributed by atoms with Crippen LogP contribution in [0.25, 0.3) is 0 Å². The number of carboxylic acid groups (broad SMARTS) is 1. The maximum absolute atomic E-state index is 11.7. The lowest BCUT2D eigenvalue weighted by atomic mass is 10.1. The van der Waals surface area contributed by atoms with Crippen LogP contribution >= 0.6 is 0 Å². The van der Waals surface area contributed by atoms with Gasteiger partial charge in [-0.2, -0.15) is 0 Å². The van der Waals surface area contributed by atoms with E-state index in [0.717, 1.165) is 0 Å². The Morgan fingerprint density at radius 2 is 2.11 bits per heavy atom. The molecule has 18 heavy (non-hydrogen) atoms. The number of hydrogen-bond donors (Lipinski definition) is 5. The van der Waals surface area contributed by atoms with Crippen LogP contribution in [0.5, 0.6) is 0 Å². The number of nitrogens with two attached hydrogens (primary N) is 1. The molecule has 0 saturated carbocycles. The molecule has 0 aromatic rings. The number of hydrogen-bond acceptors (Lipinski definition) is 5. The van der Waals surface area contributed by atoms with Crippen molar-refractivity contribution < 1.29 is 24.6 Å². The van der Waals surface area contributed by atoms with E-state index in [-0.39, 0.29) is 12.8 Å². The Balaban J connectivity index is 2.52. The molecule has 0 radical (unpaired) electrons. The number of nitrogens with one attached hydrogen (secondary N) is 2. The maximum atomic E-state index is 11.7. The van der Waals surface area contributed by atoms with Gasteiger partial charge in [0.15, 0.2) is 0 Å². The molecule has 3 atom stereocenters. The number of aliphatic hydroxyl groups excluding tert-OH is 1. The Morgan fingerprint density at radius 1 is 1.44 bits per heavy atom. The third-order valence-electron chi connectivity index (χ3n) is 2.77. The molecule has 1 aliphatic heterocycles.